The van der Waals surface area contributed by atoms with Gasteiger partial charge in [0.05, 0.1) is 11.2 Å². The number of amidine groups is 1. The molecule has 1 N–H and O–H groups in total. The Kier molecular flexibility index (Phi) is 8.34. The van der Waals surface area contributed by atoms with E-state index in [1.54, 1.807) is 11.8 Å². The summed E-state index contributed by atoms with van der Waals surface area (Å²) in [5.41, 5.74) is 5.45. The van der Waals surface area contributed by atoms with Gasteiger partial charge in [0.15, 0.2) is 11.0 Å². The Morgan fingerprint density at radius 1 is 1.07 bits per heavy atom. The van der Waals surface area contributed by atoms with Crippen LogP contribution in [0.1, 0.15) is 55.7 Å². The number of alkyl halides is 3. The van der Waals surface area contributed by atoms with E-state index in [4.69, 9.17) is 0 Å². The van der Waals surface area contributed by atoms with E-state index in [9.17, 15) is 18.0 Å². The molecule has 1 aliphatic heterocycles. The van der Waals surface area contributed by atoms with Gasteiger partial charge in [-0.05, 0) is 79.1 Å². The summed E-state index contributed by atoms with van der Waals surface area (Å²) in [6, 6.07) is 19.1. The van der Waals surface area contributed by atoms with Gasteiger partial charge in [0.25, 0.3) is 0 Å². The molecule has 2 heterocycles. The predicted molar refractivity (Wildman–Crippen MR) is 170 cm³/mol. The molecule has 234 valence electrons. The Morgan fingerprint density at radius 3 is 2.47 bits per heavy atom. The van der Waals surface area contributed by atoms with E-state index in [1.807, 2.05) is 24.3 Å². The normalized spacial score (nSPS) is 17.0. The molecular weight excluding hydrogens is 601 g/mol. The minimum absolute atomic E-state index is 0.309. The van der Waals surface area contributed by atoms with Crippen molar-refractivity contribution in [3.05, 3.63) is 89.7 Å². The molecule has 6 rings (SSSR count). The SMILES string of the molecule is Cc1cccc(N2CCCS/C2=N\C(=O)NC2(c3ccc(-c4ncn(-c5ccc(OC(F)(F)F)cc5)n4)cc3)CC2)c1C(C)C. The van der Waals surface area contributed by atoms with Crippen LogP contribution in [0.4, 0.5) is 23.7 Å². The van der Waals surface area contributed by atoms with Gasteiger partial charge in [-0.3, -0.25) is 0 Å². The summed E-state index contributed by atoms with van der Waals surface area (Å²) >= 11 is 1.61. The molecule has 12 heteroatoms. The van der Waals surface area contributed by atoms with Gasteiger partial charge in [0, 0.05) is 23.5 Å². The molecule has 2 aliphatic rings. The van der Waals surface area contributed by atoms with Crippen LogP contribution in [-0.2, 0) is 5.54 Å². The summed E-state index contributed by atoms with van der Waals surface area (Å²) in [6.07, 6.45) is -0.605. The highest BCUT2D eigenvalue weighted by Crippen LogP contribution is 2.46. The quantitative estimate of drug-likeness (QED) is 0.222. The molecule has 0 bridgehead atoms. The lowest BCUT2D eigenvalue weighted by molar-refractivity contribution is -0.274. The number of hydrogen-bond acceptors (Lipinski definition) is 5. The lowest BCUT2D eigenvalue weighted by atomic mass is 9.95. The molecular formula is C33H33F3N6O2S. The highest BCUT2D eigenvalue weighted by atomic mass is 32.2. The number of halogens is 3. The van der Waals surface area contributed by atoms with Crippen molar-refractivity contribution in [2.24, 2.45) is 4.99 Å². The highest BCUT2D eigenvalue weighted by molar-refractivity contribution is 8.14. The fraction of sp³-hybridized carbons (Fsp3) is 0.333. The van der Waals surface area contributed by atoms with E-state index in [2.05, 4.69) is 69.0 Å². The number of nitrogens with one attached hydrogen (secondary N) is 1. The number of nitrogens with zero attached hydrogens (tertiary/aromatic N) is 5. The van der Waals surface area contributed by atoms with Gasteiger partial charge < -0.3 is 15.0 Å². The third-order valence-electron chi connectivity index (χ3n) is 7.97. The fourth-order valence-corrected chi connectivity index (χ4v) is 6.67. The molecule has 1 saturated carbocycles. The molecule has 0 spiro atoms. The van der Waals surface area contributed by atoms with Crippen molar-refractivity contribution in [1.29, 1.82) is 0 Å². The van der Waals surface area contributed by atoms with Crippen molar-refractivity contribution in [2.75, 3.05) is 17.2 Å². The van der Waals surface area contributed by atoms with E-state index in [0.29, 0.717) is 17.4 Å². The molecule has 1 aliphatic carbocycles. The number of aryl methyl sites for hydroxylation is 1. The molecule has 2 fully saturated rings. The van der Waals surface area contributed by atoms with Gasteiger partial charge in [-0.15, -0.1) is 18.3 Å². The maximum absolute atomic E-state index is 13.3. The number of aromatic nitrogens is 3. The van der Waals surface area contributed by atoms with E-state index in [0.717, 1.165) is 53.5 Å². The third-order valence-corrected chi connectivity index (χ3v) is 9.04. The second kappa shape index (κ2) is 12.2. The molecule has 0 radical (unpaired) electrons. The van der Waals surface area contributed by atoms with Gasteiger partial charge in [0.2, 0.25) is 0 Å². The van der Waals surface area contributed by atoms with Crippen molar-refractivity contribution in [3.63, 3.8) is 0 Å². The van der Waals surface area contributed by atoms with Crippen LogP contribution in [0.3, 0.4) is 0 Å². The number of anilines is 1. The molecule has 0 unspecified atom stereocenters. The first-order valence-electron chi connectivity index (χ1n) is 14.8. The number of aliphatic imine (C=N–C) groups is 1. The van der Waals surface area contributed by atoms with E-state index in [-0.39, 0.29) is 11.8 Å². The first-order valence-corrected chi connectivity index (χ1v) is 15.8. The van der Waals surface area contributed by atoms with Crippen LogP contribution in [-0.4, -0.2) is 44.6 Å². The van der Waals surface area contributed by atoms with E-state index >= 15 is 0 Å². The first kappa shape index (κ1) is 30.7. The average molecular weight is 635 g/mol. The van der Waals surface area contributed by atoms with Gasteiger partial charge in [-0.2, -0.15) is 4.99 Å². The minimum atomic E-state index is -4.75. The largest absolute Gasteiger partial charge is 0.573 e. The van der Waals surface area contributed by atoms with Crippen molar-refractivity contribution < 1.29 is 22.7 Å². The van der Waals surface area contributed by atoms with Gasteiger partial charge in [0.1, 0.15) is 12.1 Å². The standard InChI is InChI=1S/C33H33F3N6O2S/c1-21(2)28-22(3)6-4-7-27(28)41-18-5-19-45-31(41)38-30(43)39-32(16-17-32)24-10-8-23(9-11-24)29-37-20-42(40-29)25-12-14-26(15-13-25)44-33(34,35)36/h4,6-15,20-21H,5,16-19H2,1-3H3,(H,39,43)/b38-31-. The number of carbonyl (C=O) groups excluding carboxylic acids is 1. The first-order chi connectivity index (χ1) is 21.5. The average Bonchev–Trinajstić information content (AvgIpc) is 3.60. The highest BCUT2D eigenvalue weighted by Gasteiger charge is 2.46. The second-order valence-corrected chi connectivity index (χ2v) is 12.6. The summed E-state index contributed by atoms with van der Waals surface area (Å²) in [5.74, 6) is 1.41. The Morgan fingerprint density at radius 2 is 1.80 bits per heavy atom. The van der Waals surface area contributed by atoms with Crippen molar-refractivity contribution in [1.82, 2.24) is 20.1 Å². The number of thioether (sulfide) groups is 1. The van der Waals surface area contributed by atoms with Crippen LogP contribution in [0.15, 0.2) is 78.0 Å². The summed E-state index contributed by atoms with van der Waals surface area (Å²) in [5, 5.41) is 8.37. The topological polar surface area (TPSA) is 84.6 Å². The third kappa shape index (κ3) is 6.85. The zero-order valence-corrected chi connectivity index (χ0v) is 26.0. The molecule has 1 aromatic heterocycles. The van der Waals surface area contributed by atoms with Gasteiger partial charge in [-0.1, -0.05) is 62.0 Å². The molecule has 1 saturated heterocycles. The van der Waals surface area contributed by atoms with Crippen LogP contribution in [0.25, 0.3) is 17.1 Å². The van der Waals surface area contributed by atoms with Crippen molar-refractivity contribution in [2.45, 2.75) is 57.9 Å². The molecule has 2 amide bonds. The Balaban J connectivity index is 1.15. The maximum atomic E-state index is 13.3. The summed E-state index contributed by atoms with van der Waals surface area (Å²) in [6.45, 7) is 7.32. The predicted octanol–water partition coefficient (Wildman–Crippen LogP) is 7.96. The van der Waals surface area contributed by atoms with E-state index < -0.39 is 11.9 Å². The van der Waals surface area contributed by atoms with E-state index in [1.165, 1.54) is 46.4 Å². The summed E-state index contributed by atoms with van der Waals surface area (Å²) in [7, 11) is 0. The van der Waals surface area contributed by atoms with Crippen LogP contribution in [0.5, 0.6) is 5.75 Å². The smallest absolute Gasteiger partial charge is 0.406 e. The Labute approximate surface area is 263 Å². The molecule has 8 nitrogen and oxygen atoms in total. The van der Waals surface area contributed by atoms with Gasteiger partial charge >= 0.3 is 12.4 Å². The Hall–Kier alpha value is -4.32. The summed E-state index contributed by atoms with van der Waals surface area (Å²) in [4.78, 5) is 24.4. The molecule has 0 atom stereocenters. The fourth-order valence-electron chi connectivity index (χ4n) is 5.72. The zero-order chi connectivity index (χ0) is 31.8. The number of ether oxygens (including phenoxy) is 1. The lowest BCUT2D eigenvalue weighted by Gasteiger charge is -2.32. The number of benzene rings is 3. The number of urea groups is 1. The monoisotopic (exact) mass is 634 g/mol. The Bertz CT molecular complexity index is 1710. The molecule has 45 heavy (non-hydrogen) atoms. The maximum Gasteiger partial charge on any atom is 0.573 e. The van der Waals surface area contributed by atoms with Crippen molar-refractivity contribution in [3.8, 4) is 22.8 Å². The lowest BCUT2D eigenvalue weighted by Crippen LogP contribution is -2.38. The summed E-state index contributed by atoms with van der Waals surface area (Å²) < 4.78 is 42.8. The van der Waals surface area contributed by atoms with Crippen LogP contribution in [0.2, 0.25) is 0 Å². The number of carbonyl (C=O) groups is 1. The van der Waals surface area contributed by atoms with Crippen LogP contribution >= 0.6 is 11.8 Å². The zero-order valence-electron chi connectivity index (χ0n) is 25.1. The molecule has 4 aromatic rings. The molecule has 3 aromatic carbocycles. The number of hydrogen-bond donors (Lipinski definition) is 1. The number of rotatable bonds is 7. The second-order valence-electron chi connectivity index (χ2n) is 11.6. The minimum Gasteiger partial charge on any atom is -0.406 e. The van der Waals surface area contributed by atoms with Crippen LogP contribution in [0, 0.1) is 6.92 Å². The van der Waals surface area contributed by atoms with Crippen molar-refractivity contribution >= 4 is 28.6 Å². The number of amides is 2. The van der Waals surface area contributed by atoms with Gasteiger partial charge in [-0.25, -0.2) is 14.5 Å². The van der Waals surface area contributed by atoms with Crippen LogP contribution < -0.4 is 15.0 Å².